The Bertz CT molecular complexity index is 583. The van der Waals surface area contributed by atoms with E-state index in [0.717, 1.165) is 17.0 Å². The Kier molecular flexibility index (Phi) is 2.11. The Hall–Kier alpha value is -2.23. The van der Waals surface area contributed by atoms with Crippen molar-refractivity contribution in [2.45, 2.75) is 6.54 Å². The second-order valence-corrected chi connectivity index (χ2v) is 3.60. The molecule has 0 bridgehead atoms. The van der Waals surface area contributed by atoms with E-state index in [9.17, 15) is 0 Å². The van der Waals surface area contributed by atoms with Gasteiger partial charge in [0.25, 0.3) is 0 Å². The second kappa shape index (κ2) is 3.73. The maximum absolute atomic E-state index is 5.15. The molecule has 0 unspecified atom stereocenters. The van der Waals surface area contributed by atoms with Gasteiger partial charge in [-0.05, 0) is 24.3 Å². The minimum absolute atomic E-state index is 0.649. The van der Waals surface area contributed by atoms with E-state index in [0.29, 0.717) is 6.54 Å². The maximum Gasteiger partial charge on any atom is 0.180 e. The van der Waals surface area contributed by atoms with Gasteiger partial charge in [0.1, 0.15) is 5.76 Å². The third-order valence-corrected chi connectivity index (χ3v) is 2.50. The molecule has 4 nitrogen and oxygen atoms in total. The van der Waals surface area contributed by atoms with E-state index in [-0.39, 0.29) is 0 Å². The summed E-state index contributed by atoms with van der Waals surface area (Å²) in [5, 5.41) is 4.48. The molecule has 0 saturated heterocycles. The highest BCUT2D eigenvalue weighted by atomic mass is 16.3. The molecule has 0 aliphatic rings. The average molecular weight is 213 g/mol. The molecule has 0 aliphatic heterocycles. The molecule has 3 aromatic rings. The Morgan fingerprint density at radius 3 is 3.19 bits per heavy atom. The van der Waals surface area contributed by atoms with Gasteiger partial charge in [-0.3, -0.25) is 0 Å². The molecule has 2 heterocycles. The highest BCUT2D eigenvalue weighted by Crippen LogP contribution is 2.18. The third kappa shape index (κ3) is 1.65. The molecule has 1 aromatic carbocycles. The molecular weight excluding hydrogens is 202 g/mol. The topological polar surface area (TPSA) is 53.9 Å². The van der Waals surface area contributed by atoms with Crippen LogP contribution >= 0.6 is 0 Å². The predicted octanol–water partition coefficient (Wildman–Crippen LogP) is 2.77. The molecule has 0 saturated carbocycles. The number of benzene rings is 1. The smallest absolute Gasteiger partial charge is 0.180 e. The SMILES string of the molecule is c1cc2cc(NCc3cnco3)ccc2[nH]1. The fourth-order valence-electron chi connectivity index (χ4n) is 1.68. The van der Waals surface area contributed by atoms with Crippen LogP contribution in [0.15, 0.2) is 47.5 Å². The van der Waals surface area contributed by atoms with Crippen LogP contribution in [0.4, 0.5) is 5.69 Å². The number of aromatic amines is 1. The van der Waals surface area contributed by atoms with Crippen molar-refractivity contribution in [1.82, 2.24) is 9.97 Å². The summed E-state index contributed by atoms with van der Waals surface area (Å²) in [4.78, 5) is 7.02. The highest BCUT2D eigenvalue weighted by molar-refractivity contribution is 5.82. The normalized spacial score (nSPS) is 10.8. The number of nitrogens with one attached hydrogen (secondary N) is 2. The maximum atomic E-state index is 5.15. The van der Waals surface area contributed by atoms with E-state index in [1.807, 2.05) is 12.3 Å². The summed E-state index contributed by atoms with van der Waals surface area (Å²) in [5.74, 6) is 0.828. The van der Waals surface area contributed by atoms with Crippen molar-refractivity contribution in [1.29, 1.82) is 0 Å². The zero-order valence-electron chi connectivity index (χ0n) is 8.60. The van der Waals surface area contributed by atoms with Crippen LogP contribution < -0.4 is 5.32 Å². The summed E-state index contributed by atoms with van der Waals surface area (Å²) in [6, 6.07) is 8.24. The molecule has 2 N–H and O–H groups in total. The fraction of sp³-hybridized carbons (Fsp3) is 0.0833. The van der Waals surface area contributed by atoms with Gasteiger partial charge in [-0.1, -0.05) is 0 Å². The molecule has 0 amide bonds. The van der Waals surface area contributed by atoms with Gasteiger partial charge in [0, 0.05) is 22.8 Å². The number of hydrogen-bond donors (Lipinski definition) is 2. The van der Waals surface area contributed by atoms with Crippen molar-refractivity contribution >= 4 is 16.6 Å². The first-order valence-corrected chi connectivity index (χ1v) is 5.10. The number of hydrogen-bond acceptors (Lipinski definition) is 3. The summed E-state index contributed by atoms with van der Waals surface area (Å²) >= 11 is 0. The number of oxazole rings is 1. The monoisotopic (exact) mass is 213 g/mol. The first kappa shape index (κ1) is 9.03. The molecule has 0 fully saturated rings. The quantitative estimate of drug-likeness (QED) is 0.703. The molecule has 0 radical (unpaired) electrons. The number of nitrogens with zero attached hydrogens (tertiary/aromatic N) is 1. The van der Waals surface area contributed by atoms with E-state index < -0.39 is 0 Å². The van der Waals surface area contributed by atoms with Gasteiger partial charge in [-0.2, -0.15) is 0 Å². The zero-order chi connectivity index (χ0) is 10.8. The lowest BCUT2D eigenvalue weighted by Crippen LogP contribution is -1.97. The first-order chi connectivity index (χ1) is 7.92. The summed E-state index contributed by atoms with van der Waals surface area (Å²) in [6.07, 6.45) is 5.08. The van der Waals surface area contributed by atoms with Crippen LogP contribution in [0.25, 0.3) is 10.9 Å². The molecule has 2 aromatic heterocycles. The van der Waals surface area contributed by atoms with Gasteiger partial charge >= 0.3 is 0 Å². The van der Waals surface area contributed by atoms with Crippen LogP contribution in [0.5, 0.6) is 0 Å². The van der Waals surface area contributed by atoms with Gasteiger partial charge in [0.05, 0.1) is 12.7 Å². The molecule has 0 spiro atoms. The number of H-pyrrole nitrogens is 1. The van der Waals surface area contributed by atoms with E-state index >= 15 is 0 Å². The van der Waals surface area contributed by atoms with Crippen LogP contribution in [-0.4, -0.2) is 9.97 Å². The Labute approximate surface area is 92.3 Å². The zero-order valence-corrected chi connectivity index (χ0v) is 8.60. The van der Waals surface area contributed by atoms with Crippen molar-refractivity contribution in [3.05, 3.63) is 48.8 Å². The summed E-state index contributed by atoms with van der Waals surface area (Å²) in [6.45, 7) is 0.649. The molecule has 0 aliphatic carbocycles. The molecule has 3 rings (SSSR count). The van der Waals surface area contributed by atoms with Crippen LogP contribution in [0, 0.1) is 0 Å². The van der Waals surface area contributed by atoms with E-state index in [4.69, 9.17) is 4.42 Å². The van der Waals surface area contributed by atoms with Gasteiger partial charge < -0.3 is 14.7 Å². The summed E-state index contributed by atoms with van der Waals surface area (Å²) in [5.41, 5.74) is 2.22. The van der Waals surface area contributed by atoms with Crippen molar-refractivity contribution < 1.29 is 4.42 Å². The number of fused-ring (bicyclic) bond motifs is 1. The lowest BCUT2D eigenvalue weighted by molar-refractivity contribution is 0.512. The van der Waals surface area contributed by atoms with Crippen LogP contribution in [0.1, 0.15) is 5.76 Å². The minimum Gasteiger partial charge on any atom is -0.447 e. The second-order valence-electron chi connectivity index (χ2n) is 3.60. The van der Waals surface area contributed by atoms with Crippen molar-refractivity contribution in [2.75, 3.05) is 5.32 Å². The van der Waals surface area contributed by atoms with Crippen LogP contribution in [0.3, 0.4) is 0 Å². The van der Waals surface area contributed by atoms with Gasteiger partial charge in [-0.25, -0.2) is 4.98 Å². The predicted molar refractivity (Wildman–Crippen MR) is 62.1 cm³/mol. The Morgan fingerprint density at radius 1 is 1.31 bits per heavy atom. The molecule has 80 valence electrons. The van der Waals surface area contributed by atoms with Crippen molar-refractivity contribution in [3.63, 3.8) is 0 Å². The van der Waals surface area contributed by atoms with Gasteiger partial charge in [0.15, 0.2) is 6.39 Å². The van der Waals surface area contributed by atoms with E-state index in [1.165, 1.54) is 11.8 Å². The summed E-state index contributed by atoms with van der Waals surface area (Å²) < 4.78 is 5.15. The van der Waals surface area contributed by atoms with Crippen molar-refractivity contribution in [2.24, 2.45) is 0 Å². The summed E-state index contributed by atoms with van der Waals surface area (Å²) in [7, 11) is 0. The molecule has 16 heavy (non-hydrogen) atoms. The highest BCUT2D eigenvalue weighted by Gasteiger charge is 1.99. The lowest BCUT2D eigenvalue weighted by Gasteiger charge is -2.03. The Morgan fingerprint density at radius 2 is 2.31 bits per heavy atom. The molecule has 4 heteroatoms. The fourth-order valence-corrected chi connectivity index (χ4v) is 1.68. The standard InChI is InChI=1S/C12H11N3O/c1-2-12-9(3-4-14-12)5-10(1)15-7-11-6-13-8-16-11/h1-6,8,14-15H,7H2. The lowest BCUT2D eigenvalue weighted by atomic mass is 10.2. The largest absolute Gasteiger partial charge is 0.447 e. The third-order valence-electron chi connectivity index (χ3n) is 2.50. The van der Waals surface area contributed by atoms with Crippen molar-refractivity contribution in [3.8, 4) is 0 Å². The number of rotatable bonds is 3. The number of anilines is 1. The number of aromatic nitrogens is 2. The van der Waals surface area contributed by atoms with Gasteiger partial charge in [-0.15, -0.1) is 0 Å². The average Bonchev–Trinajstić information content (AvgIpc) is 2.97. The molecular formula is C12H11N3O. The first-order valence-electron chi connectivity index (χ1n) is 5.10. The van der Waals surface area contributed by atoms with E-state index in [1.54, 1.807) is 6.20 Å². The van der Waals surface area contributed by atoms with Crippen LogP contribution in [0.2, 0.25) is 0 Å². The minimum atomic E-state index is 0.649. The van der Waals surface area contributed by atoms with Crippen LogP contribution in [-0.2, 0) is 6.54 Å². The van der Waals surface area contributed by atoms with Gasteiger partial charge in [0.2, 0.25) is 0 Å². The van der Waals surface area contributed by atoms with E-state index in [2.05, 4.69) is 33.5 Å². The Balaban J connectivity index is 1.78. The molecule has 0 atom stereocenters.